The Kier molecular flexibility index (Phi) is 4.01. The van der Waals surface area contributed by atoms with Crippen molar-refractivity contribution in [2.75, 3.05) is 25.1 Å². The highest BCUT2D eigenvalue weighted by molar-refractivity contribution is 6.28. The zero-order chi connectivity index (χ0) is 13.1. The molecule has 2 heterocycles. The lowest BCUT2D eigenvalue weighted by Gasteiger charge is -2.31. The second kappa shape index (κ2) is 5.52. The van der Waals surface area contributed by atoms with Crippen molar-refractivity contribution in [1.29, 1.82) is 0 Å². The highest BCUT2D eigenvalue weighted by atomic mass is 35.5. The molecule has 2 rings (SSSR count). The molecule has 0 saturated carbocycles. The standard InChI is InChI=1S/C12H16ClN3O2/c1-8-7-10(15-12(13)14-8)16-5-3-9(4-6-16)11(17)18-2/h7,9H,3-6H2,1-2H3. The summed E-state index contributed by atoms with van der Waals surface area (Å²) in [6.45, 7) is 3.46. The monoisotopic (exact) mass is 269 g/mol. The van der Waals surface area contributed by atoms with Crippen LogP contribution in [0.3, 0.4) is 0 Å². The van der Waals surface area contributed by atoms with Gasteiger partial charge in [0.25, 0.3) is 0 Å². The lowest BCUT2D eigenvalue weighted by Crippen LogP contribution is -2.37. The van der Waals surface area contributed by atoms with E-state index in [-0.39, 0.29) is 17.2 Å². The van der Waals surface area contributed by atoms with Gasteiger partial charge >= 0.3 is 5.97 Å². The third kappa shape index (κ3) is 2.90. The molecule has 0 spiro atoms. The molecular weight excluding hydrogens is 254 g/mol. The zero-order valence-corrected chi connectivity index (χ0v) is 11.3. The Labute approximate surface area is 111 Å². The summed E-state index contributed by atoms with van der Waals surface area (Å²) in [4.78, 5) is 21.8. The van der Waals surface area contributed by atoms with Gasteiger partial charge in [-0.3, -0.25) is 4.79 Å². The molecule has 0 bridgehead atoms. The van der Waals surface area contributed by atoms with Crippen LogP contribution in [0.5, 0.6) is 0 Å². The Morgan fingerprint density at radius 2 is 2.11 bits per heavy atom. The van der Waals surface area contributed by atoms with Crippen LogP contribution in [0.2, 0.25) is 5.28 Å². The average molecular weight is 270 g/mol. The number of piperidine rings is 1. The van der Waals surface area contributed by atoms with Crippen molar-refractivity contribution in [2.24, 2.45) is 5.92 Å². The van der Waals surface area contributed by atoms with Gasteiger partial charge < -0.3 is 9.64 Å². The second-order valence-electron chi connectivity index (χ2n) is 4.42. The van der Waals surface area contributed by atoms with Crippen LogP contribution in [0.4, 0.5) is 5.82 Å². The van der Waals surface area contributed by atoms with E-state index in [0.29, 0.717) is 0 Å². The van der Waals surface area contributed by atoms with Crippen LogP contribution < -0.4 is 4.90 Å². The Morgan fingerprint density at radius 3 is 2.67 bits per heavy atom. The number of methoxy groups -OCH3 is 1. The molecule has 1 aliphatic heterocycles. The topological polar surface area (TPSA) is 55.3 Å². The summed E-state index contributed by atoms with van der Waals surface area (Å²) in [7, 11) is 1.43. The molecule has 0 N–H and O–H groups in total. The van der Waals surface area contributed by atoms with E-state index < -0.39 is 0 Å². The van der Waals surface area contributed by atoms with Gasteiger partial charge in [0.1, 0.15) is 5.82 Å². The maximum atomic E-state index is 11.4. The van der Waals surface area contributed by atoms with E-state index in [1.165, 1.54) is 7.11 Å². The van der Waals surface area contributed by atoms with Crippen LogP contribution in [0.25, 0.3) is 0 Å². The first-order chi connectivity index (χ1) is 8.60. The normalized spacial score (nSPS) is 16.7. The first-order valence-electron chi connectivity index (χ1n) is 5.94. The number of aryl methyl sites for hydroxylation is 1. The third-order valence-electron chi connectivity index (χ3n) is 3.17. The van der Waals surface area contributed by atoms with Gasteiger partial charge in [-0.1, -0.05) is 0 Å². The van der Waals surface area contributed by atoms with Crippen molar-refractivity contribution >= 4 is 23.4 Å². The van der Waals surface area contributed by atoms with Crippen LogP contribution >= 0.6 is 11.6 Å². The quantitative estimate of drug-likeness (QED) is 0.606. The molecule has 0 atom stereocenters. The van der Waals surface area contributed by atoms with E-state index in [0.717, 1.165) is 37.4 Å². The smallest absolute Gasteiger partial charge is 0.308 e. The summed E-state index contributed by atoms with van der Waals surface area (Å²) in [5.74, 6) is 0.715. The van der Waals surface area contributed by atoms with Gasteiger partial charge in [-0.25, -0.2) is 9.97 Å². The van der Waals surface area contributed by atoms with Crippen molar-refractivity contribution < 1.29 is 9.53 Å². The molecule has 1 aromatic rings. The lowest BCUT2D eigenvalue weighted by molar-refractivity contribution is -0.146. The van der Waals surface area contributed by atoms with Gasteiger partial charge in [0, 0.05) is 24.8 Å². The van der Waals surface area contributed by atoms with Crippen molar-refractivity contribution in [3.05, 3.63) is 17.0 Å². The fourth-order valence-corrected chi connectivity index (χ4v) is 2.41. The first-order valence-corrected chi connectivity index (χ1v) is 6.32. The lowest BCUT2D eigenvalue weighted by atomic mass is 9.97. The Bertz CT molecular complexity index is 425. The molecule has 1 fully saturated rings. The van der Waals surface area contributed by atoms with Crippen LogP contribution in [-0.2, 0) is 9.53 Å². The number of halogens is 1. The van der Waals surface area contributed by atoms with E-state index in [1.54, 1.807) is 0 Å². The highest BCUT2D eigenvalue weighted by Crippen LogP contribution is 2.23. The Balaban J connectivity index is 2.03. The van der Waals surface area contributed by atoms with E-state index in [4.69, 9.17) is 16.3 Å². The second-order valence-corrected chi connectivity index (χ2v) is 4.76. The number of hydrogen-bond acceptors (Lipinski definition) is 5. The Hall–Kier alpha value is -1.36. The van der Waals surface area contributed by atoms with Gasteiger partial charge in [0.2, 0.25) is 5.28 Å². The maximum absolute atomic E-state index is 11.4. The minimum atomic E-state index is -0.119. The Morgan fingerprint density at radius 1 is 1.44 bits per heavy atom. The highest BCUT2D eigenvalue weighted by Gasteiger charge is 2.26. The van der Waals surface area contributed by atoms with Crippen LogP contribution in [0, 0.1) is 12.8 Å². The largest absolute Gasteiger partial charge is 0.469 e. The summed E-state index contributed by atoms with van der Waals surface area (Å²) in [5.41, 5.74) is 0.847. The SMILES string of the molecule is COC(=O)C1CCN(c2cc(C)nc(Cl)n2)CC1. The van der Waals surface area contributed by atoms with E-state index in [9.17, 15) is 4.79 Å². The molecule has 0 aliphatic carbocycles. The van der Waals surface area contributed by atoms with E-state index in [1.807, 2.05) is 13.0 Å². The zero-order valence-electron chi connectivity index (χ0n) is 10.5. The maximum Gasteiger partial charge on any atom is 0.308 e. The number of carbonyl (C=O) groups excluding carboxylic acids is 1. The van der Waals surface area contributed by atoms with E-state index >= 15 is 0 Å². The van der Waals surface area contributed by atoms with Gasteiger partial charge in [0.05, 0.1) is 13.0 Å². The van der Waals surface area contributed by atoms with Crippen LogP contribution in [-0.4, -0.2) is 36.1 Å². The molecule has 6 heteroatoms. The number of anilines is 1. The predicted octanol–water partition coefficient (Wildman–Crippen LogP) is 1.83. The fraction of sp³-hybridized carbons (Fsp3) is 0.583. The summed E-state index contributed by atoms with van der Waals surface area (Å²) in [6, 6.07) is 1.91. The van der Waals surface area contributed by atoms with Gasteiger partial charge in [-0.05, 0) is 31.4 Å². The van der Waals surface area contributed by atoms with Crippen molar-refractivity contribution in [2.45, 2.75) is 19.8 Å². The molecule has 5 nitrogen and oxygen atoms in total. The van der Waals surface area contributed by atoms with Crippen LogP contribution in [0.15, 0.2) is 6.07 Å². The summed E-state index contributed by atoms with van der Waals surface area (Å²) < 4.78 is 4.76. The fourth-order valence-electron chi connectivity index (χ4n) is 2.19. The van der Waals surface area contributed by atoms with Crippen molar-refractivity contribution in [3.8, 4) is 0 Å². The summed E-state index contributed by atoms with van der Waals surface area (Å²) >= 11 is 5.85. The number of esters is 1. The average Bonchev–Trinajstić information content (AvgIpc) is 2.37. The van der Waals surface area contributed by atoms with Gasteiger partial charge in [-0.15, -0.1) is 0 Å². The summed E-state index contributed by atoms with van der Waals surface area (Å²) in [5, 5.41) is 0.264. The van der Waals surface area contributed by atoms with E-state index in [2.05, 4.69) is 14.9 Å². The molecule has 0 unspecified atom stereocenters. The summed E-state index contributed by atoms with van der Waals surface area (Å²) in [6.07, 6.45) is 1.57. The predicted molar refractivity (Wildman–Crippen MR) is 68.7 cm³/mol. The van der Waals surface area contributed by atoms with Gasteiger partial charge in [-0.2, -0.15) is 0 Å². The number of ether oxygens (including phenoxy) is 1. The van der Waals surface area contributed by atoms with Crippen molar-refractivity contribution in [3.63, 3.8) is 0 Å². The molecule has 98 valence electrons. The molecule has 1 aliphatic rings. The minimum Gasteiger partial charge on any atom is -0.469 e. The minimum absolute atomic E-state index is 0.00431. The number of carbonyl (C=O) groups is 1. The molecule has 0 radical (unpaired) electrons. The molecule has 1 saturated heterocycles. The number of nitrogens with zero attached hydrogens (tertiary/aromatic N) is 3. The number of rotatable bonds is 2. The molecular formula is C12H16ClN3O2. The number of hydrogen-bond donors (Lipinski definition) is 0. The van der Waals surface area contributed by atoms with Gasteiger partial charge in [0.15, 0.2) is 0 Å². The third-order valence-corrected chi connectivity index (χ3v) is 3.34. The molecule has 0 aromatic carbocycles. The number of aromatic nitrogens is 2. The first kappa shape index (κ1) is 13.1. The van der Waals surface area contributed by atoms with Crippen LogP contribution in [0.1, 0.15) is 18.5 Å². The van der Waals surface area contributed by atoms with Crippen molar-refractivity contribution in [1.82, 2.24) is 9.97 Å². The molecule has 1 aromatic heterocycles. The molecule has 18 heavy (non-hydrogen) atoms. The molecule has 0 amide bonds.